The Balaban J connectivity index is 0. The van der Waals surface area contributed by atoms with E-state index in [1.807, 2.05) is 7.05 Å². The number of halogens is 2. The molecule has 0 saturated carbocycles. The van der Waals surface area contributed by atoms with Crippen molar-refractivity contribution in [3.63, 3.8) is 0 Å². The normalized spacial score (nSPS) is 9.20. The van der Waals surface area contributed by atoms with Crippen molar-refractivity contribution in [1.29, 1.82) is 0 Å². The fourth-order valence-corrected chi connectivity index (χ4v) is 1.29. The van der Waals surface area contributed by atoms with E-state index in [1.54, 1.807) is 0 Å². The lowest BCUT2D eigenvalue weighted by molar-refractivity contribution is 0.608. The van der Waals surface area contributed by atoms with Crippen molar-refractivity contribution in [2.24, 2.45) is 7.05 Å². The van der Waals surface area contributed by atoms with Gasteiger partial charge in [0, 0.05) is 25.5 Å². The predicted molar refractivity (Wildman–Crippen MR) is 70.2 cm³/mol. The van der Waals surface area contributed by atoms with E-state index < -0.39 is 0 Å². The first kappa shape index (κ1) is 17.2. The topological polar surface area (TPSA) is 29.0 Å². The fraction of sp³-hybridized carbons (Fsp3) is 0.600. The number of hydrogen-bond acceptors (Lipinski definition) is 2. The van der Waals surface area contributed by atoms with E-state index in [9.17, 15) is 0 Å². The van der Waals surface area contributed by atoms with Gasteiger partial charge in [-0.05, 0) is 38.7 Å². The van der Waals surface area contributed by atoms with E-state index in [0.29, 0.717) is 0 Å². The Kier molecular flexibility index (Phi) is 11.8. The number of nitrogens with one attached hydrogen (secondary N) is 2. The molecular weight excluding hydrogens is 233 g/mol. The molecule has 0 aliphatic carbocycles. The van der Waals surface area contributed by atoms with Crippen LogP contribution in [0, 0.1) is 0 Å². The molecule has 1 heterocycles. The van der Waals surface area contributed by atoms with Crippen LogP contribution in [0.15, 0.2) is 18.3 Å². The van der Waals surface area contributed by atoms with Crippen molar-refractivity contribution < 1.29 is 0 Å². The average molecular weight is 254 g/mol. The van der Waals surface area contributed by atoms with Crippen LogP contribution in [-0.4, -0.2) is 24.7 Å². The van der Waals surface area contributed by atoms with E-state index in [4.69, 9.17) is 0 Å². The van der Waals surface area contributed by atoms with Gasteiger partial charge >= 0.3 is 0 Å². The molecule has 0 radical (unpaired) electrons. The molecule has 0 aromatic carbocycles. The van der Waals surface area contributed by atoms with Crippen LogP contribution in [0.25, 0.3) is 0 Å². The van der Waals surface area contributed by atoms with Gasteiger partial charge in [-0.2, -0.15) is 0 Å². The SMILES string of the molecule is CNCCCNCc1cccn1C.Cl.Cl. The van der Waals surface area contributed by atoms with Crippen LogP contribution in [-0.2, 0) is 13.6 Å². The molecule has 1 aromatic rings. The van der Waals surface area contributed by atoms with Crippen LogP contribution < -0.4 is 10.6 Å². The molecule has 0 atom stereocenters. The van der Waals surface area contributed by atoms with Gasteiger partial charge in [0.05, 0.1) is 0 Å². The molecule has 0 saturated heterocycles. The zero-order valence-electron chi connectivity index (χ0n) is 9.32. The van der Waals surface area contributed by atoms with Gasteiger partial charge in [-0.25, -0.2) is 0 Å². The number of aryl methyl sites for hydroxylation is 1. The summed E-state index contributed by atoms with van der Waals surface area (Å²) in [6.45, 7) is 3.12. The maximum Gasteiger partial charge on any atom is 0.0359 e. The molecule has 0 bridgehead atoms. The minimum absolute atomic E-state index is 0. The monoisotopic (exact) mass is 253 g/mol. The lowest BCUT2D eigenvalue weighted by Crippen LogP contribution is -2.20. The first-order valence-corrected chi connectivity index (χ1v) is 4.80. The van der Waals surface area contributed by atoms with Crippen LogP contribution in [0.3, 0.4) is 0 Å². The molecule has 3 nitrogen and oxygen atoms in total. The molecule has 90 valence electrons. The van der Waals surface area contributed by atoms with Crippen molar-refractivity contribution in [2.75, 3.05) is 20.1 Å². The van der Waals surface area contributed by atoms with Gasteiger partial charge in [0.2, 0.25) is 0 Å². The molecule has 0 fully saturated rings. The summed E-state index contributed by atoms with van der Waals surface area (Å²) in [6, 6.07) is 4.22. The number of aromatic nitrogens is 1. The summed E-state index contributed by atoms with van der Waals surface area (Å²) < 4.78 is 2.14. The summed E-state index contributed by atoms with van der Waals surface area (Å²) in [4.78, 5) is 0. The molecule has 15 heavy (non-hydrogen) atoms. The fourth-order valence-electron chi connectivity index (χ4n) is 1.29. The Morgan fingerprint density at radius 1 is 1.27 bits per heavy atom. The zero-order valence-corrected chi connectivity index (χ0v) is 11.0. The van der Waals surface area contributed by atoms with Crippen LogP contribution in [0.4, 0.5) is 0 Å². The Bertz CT molecular complexity index is 238. The first-order valence-electron chi connectivity index (χ1n) is 4.80. The standard InChI is InChI=1S/C10H19N3.2ClH/c1-11-6-4-7-12-9-10-5-3-8-13(10)2;;/h3,5,8,11-12H,4,6-7,9H2,1-2H3;2*1H. The third-order valence-electron chi connectivity index (χ3n) is 2.14. The van der Waals surface area contributed by atoms with Crippen molar-refractivity contribution >= 4 is 24.8 Å². The molecule has 0 amide bonds. The molecule has 0 aliphatic rings. The maximum absolute atomic E-state index is 3.40. The van der Waals surface area contributed by atoms with Gasteiger partial charge in [-0.1, -0.05) is 0 Å². The van der Waals surface area contributed by atoms with E-state index in [1.165, 1.54) is 12.1 Å². The average Bonchev–Trinajstić information content (AvgIpc) is 2.52. The minimum Gasteiger partial charge on any atom is -0.353 e. The Morgan fingerprint density at radius 3 is 2.53 bits per heavy atom. The van der Waals surface area contributed by atoms with Crippen molar-refractivity contribution in [3.05, 3.63) is 24.0 Å². The molecular formula is C10H21Cl2N3. The third-order valence-corrected chi connectivity index (χ3v) is 2.14. The summed E-state index contributed by atoms with van der Waals surface area (Å²) in [5.74, 6) is 0. The van der Waals surface area contributed by atoms with Crippen molar-refractivity contribution in [2.45, 2.75) is 13.0 Å². The predicted octanol–water partition coefficient (Wildman–Crippen LogP) is 1.57. The van der Waals surface area contributed by atoms with Crippen LogP contribution >= 0.6 is 24.8 Å². The summed E-state index contributed by atoms with van der Waals surface area (Å²) in [6.07, 6.45) is 3.26. The van der Waals surface area contributed by atoms with Gasteiger partial charge in [-0.3, -0.25) is 0 Å². The highest BCUT2D eigenvalue weighted by molar-refractivity contribution is 5.85. The first-order chi connectivity index (χ1) is 6.34. The second-order valence-electron chi connectivity index (χ2n) is 3.24. The summed E-state index contributed by atoms with van der Waals surface area (Å²) in [5.41, 5.74) is 1.34. The Hall–Kier alpha value is -0.220. The van der Waals surface area contributed by atoms with Crippen LogP contribution in [0.1, 0.15) is 12.1 Å². The van der Waals surface area contributed by atoms with Gasteiger partial charge in [0.25, 0.3) is 0 Å². The van der Waals surface area contributed by atoms with Crippen LogP contribution in [0.5, 0.6) is 0 Å². The smallest absolute Gasteiger partial charge is 0.0359 e. The lowest BCUT2D eigenvalue weighted by atomic mass is 10.4. The van der Waals surface area contributed by atoms with Gasteiger partial charge in [-0.15, -0.1) is 24.8 Å². The summed E-state index contributed by atoms with van der Waals surface area (Å²) in [5, 5.41) is 6.53. The summed E-state index contributed by atoms with van der Waals surface area (Å²) in [7, 11) is 4.06. The zero-order chi connectivity index (χ0) is 9.52. The van der Waals surface area contributed by atoms with Gasteiger partial charge < -0.3 is 15.2 Å². The van der Waals surface area contributed by atoms with Crippen molar-refractivity contribution in [3.8, 4) is 0 Å². The van der Waals surface area contributed by atoms with Gasteiger partial charge in [0.15, 0.2) is 0 Å². The highest BCUT2D eigenvalue weighted by Gasteiger charge is 1.94. The lowest BCUT2D eigenvalue weighted by Gasteiger charge is -2.05. The van der Waals surface area contributed by atoms with Crippen molar-refractivity contribution in [1.82, 2.24) is 15.2 Å². The second-order valence-corrected chi connectivity index (χ2v) is 3.24. The molecule has 0 spiro atoms. The van der Waals surface area contributed by atoms with Gasteiger partial charge in [0.1, 0.15) is 0 Å². The molecule has 0 unspecified atom stereocenters. The second kappa shape index (κ2) is 10.3. The van der Waals surface area contributed by atoms with E-state index in [-0.39, 0.29) is 24.8 Å². The Labute approximate surface area is 104 Å². The number of hydrogen-bond donors (Lipinski definition) is 2. The molecule has 1 rings (SSSR count). The molecule has 5 heteroatoms. The molecule has 1 aromatic heterocycles. The molecule has 0 aliphatic heterocycles. The Morgan fingerprint density at radius 2 is 2.00 bits per heavy atom. The molecule has 2 N–H and O–H groups in total. The quantitative estimate of drug-likeness (QED) is 0.754. The van der Waals surface area contributed by atoms with E-state index >= 15 is 0 Å². The highest BCUT2D eigenvalue weighted by atomic mass is 35.5. The van der Waals surface area contributed by atoms with Crippen LogP contribution in [0.2, 0.25) is 0 Å². The van der Waals surface area contributed by atoms with E-state index in [2.05, 4.69) is 40.6 Å². The number of nitrogens with zero attached hydrogens (tertiary/aromatic N) is 1. The highest BCUT2D eigenvalue weighted by Crippen LogP contribution is 1.97. The third kappa shape index (κ3) is 6.79. The van der Waals surface area contributed by atoms with E-state index in [0.717, 1.165) is 19.6 Å². The minimum atomic E-state index is 0. The summed E-state index contributed by atoms with van der Waals surface area (Å²) >= 11 is 0. The maximum atomic E-state index is 3.40. The largest absolute Gasteiger partial charge is 0.353 e. The number of rotatable bonds is 6.